The molecule has 2 rings (SSSR count). The highest BCUT2D eigenvalue weighted by molar-refractivity contribution is 9.10. The van der Waals surface area contributed by atoms with Crippen molar-refractivity contribution in [1.82, 2.24) is 0 Å². The molecule has 6 heteroatoms. The van der Waals surface area contributed by atoms with Gasteiger partial charge in [-0.3, -0.25) is 0 Å². The van der Waals surface area contributed by atoms with Crippen LogP contribution in [0.5, 0.6) is 11.5 Å². The number of rotatable bonds is 6. The Hall–Kier alpha value is -1.50. The fourth-order valence-corrected chi connectivity index (χ4v) is 3.06. The smallest absolute Gasteiger partial charge is 0.175 e. The van der Waals surface area contributed by atoms with Gasteiger partial charge in [-0.25, -0.2) is 0 Å². The molecule has 25 heavy (non-hydrogen) atoms. The van der Waals surface area contributed by atoms with Gasteiger partial charge in [0, 0.05) is 5.56 Å². The summed E-state index contributed by atoms with van der Waals surface area (Å²) in [7, 11) is 1.59. The van der Waals surface area contributed by atoms with Crippen molar-refractivity contribution in [2.45, 2.75) is 32.1 Å². The molecule has 0 aliphatic carbocycles. The van der Waals surface area contributed by atoms with Crippen molar-refractivity contribution < 1.29 is 14.0 Å². The number of hydrogen-bond acceptors (Lipinski definition) is 4. The van der Waals surface area contributed by atoms with Crippen LogP contribution < -0.4 is 9.47 Å². The van der Waals surface area contributed by atoms with Gasteiger partial charge >= 0.3 is 0 Å². The van der Waals surface area contributed by atoms with Gasteiger partial charge in [0.05, 0.1) is 17.8 Å². The summed E-state index contributed by atoms with van der Waals surface area (Å²) in [5, 5.41) is 0. The minimum absolute atomic E-state index is 0.392. The fourth-order valence-electron chi connectivity index (χ4n) is 1.95. The standard InChI is InChI=1S/C19H22BrNO3S/c1-19(2,3)25(22)21-12-15-10-16(20)18(17(11-15)23-4)24-13-14-8-6-5-7-9-14/h5-12H,13H2,1-4H3/b21-12+/t25-/m0/s1. The molecule has 0 radical (unpaired) electrons. The van der Waals surface area contributed by atoms with Gasteiger partial charge in [0.2, 0.25) is 0 Å². The van der Waals surface area contributed by atoms with Crippen molar-refractivity contribution in [2.24, 2.45) is 4.40 Å². The molecule has 0 amide bonds. The number of methoxy groups -OCH3 is 1. The van der Waals surface area contributed by atoms with Crippen LogP contribution in [-0.2, 0) is 18.0 Å². The van der Waals surface area contributed by atoms with E-state index < -0.39 is 16.1 Å². The molecule has 2 aromatic carbocycles. The lowest BCUT2D eigenvalue weighted by Crippen LogP contribution is -2.25. The van der Waals surface area contributed by atoms with Gasteiger partial charge in [-0.2, -0.15) is 0 Å². The molecular weight excluding hydrogens is 402 g/mol. The van der Waals surface area contributed by atoms with E-state index in [4.69, 9.17) is 9.47 Å². The molecule has 0 heterocycles. The molecule has 0 spiro atoms. The molecule has 0 fully saturated rings. The summed E-state index contributed by atoms with van der Waals surface area (Å²) in [5.41, 5.74) is 1.86. The SMILES string of the molecule is COc1cc(/C=N/[S@@+]([O-])C(C)(C)C)cc(Br)c1OCc1ccccc1. The summed E-state index contributed by atoms with van der Waals surface area (Å²) in [6.45, 7) is 6.10. The Morgan fingerprint density at radius 1 is 1.20 bits per heavy atom. The van der Waals surface area contributed by atoms with Crippen molar-refractivity contribution in [2.75, 3.05) is 7.11 Å². The second kappa shape index (κ2) is 8.74. The summed E-state index contributed by atoms with van der Waals surface area (Å²) in [4.78, 5) is 0. The van der Waals surface area contributed by atoms with E-state index in [0.29, 0.717) is 18.1 Å². The van der Waals surface area contributed by atoms with E-state index in [1.807, 2.05) is 63.2 Å². The monoisotopic (exact) mass is 423 g/mol. The number of nitrogens with zero attached hydrogens (tertiary/aromatic N) is 1. The predicted octanol–water partition coefficient (Wildman–Crippen LogP) is 4.92. The number of benzene rings is 2. The van der Waals surface area contributed by atoms with Crippen molar-refractivity contribution in [3.63, 3.8) is 0 Å². The summed E-state index contributed by atoms with van der Waals surface area (Å²) >= 11 is 2.21. The molecule has 4 nitrogen and oxygen atoms in total. The molecule has 2 aromatic rings. The highest BCUT2D eigenvalue weighted by Crippen LogP contribution is 2.37. The molecule has 0 unspecified atom stereocenters. The minimum atomic E-state index is -1.30. The molecule has 0 aromatic heterocycles. The van der Waals surface area contributed by atoms with E-state index in [2.05, 4.69) is 20.3 Å². The zero-order chi connectivity index (χ0) is 18.4. The molecule has 0 saturated carbocycles. The van der Waals surface area contributed by atoms with E-state index in [1.165, 1.54) is 0 Å². The first-order valence-corrected chi connectivity index (χ1v) is 9.71. The van der Waals surface area contributed by atoms with E-state index >= 15 is 0 Å². The normalized spacial score (nSPS) is 13.0. The van der Waals surface area contributed by atoms with Crippen LogP contribution in [0.4, 0.5) is 0 Å². The second-order valence-corrected chi connectivity index (χ2v) is 9.19. The maximum atomic E-state index is 12.0. The number of hydrogen-bond donors (Lipinski definition) is 0. The zero-order valence-corrected chi connectivity index (χ0v) is 17.2. The van der Waals surface area contributed by atoms with Crippen molar-refractivity contribution >= 4 is 33.5 Å². The molecule has 134 valence electrons. The highest BCUT2D eigenvalue weighted by atomic mass is 79.9. The van der Waals surface area contributed by atoms with Gasteiger partial charge in [0.1, 0.15) is 22.7 Å². The van der Waals surface area contributed by atoms with Crippen molar-refractivity contribution in [3.8, 4) is 11.5 Å². The zero-order valence-electron chi connectivity index (χ0n) is 14.8. The van der Waals surface area contributed by atoms with Crippen LogP contribution in [0, 0.1) is 0 Å². The van der Waals surface area contributed by atoms with E-state index in [-0.39, 0.29) is 0 Å². The van der Waals surface area contributed by atoms with E-state index in [9.17, 15) is 4.55 Å². The van der Waals surface area contributed by atoms with Gasteiger partial charge in [-0.15, -0.1) is 0 Å². The summed E-state index contributed by atoms with van der Waals surface area (Å²) < 4.78 is 27.9. The third-order valence-corrected chi connectivity index (χ3v) is 5.23. The van der Waals surface area contributed by atoms with Crippen molar-refractivity contribution in [3.05, 3.63) is 58.1 Å². The quantitative estimate of drug-likeness (QED) is 0.489. The average Bonchev–Trinajstić information content (AvgIpc) is 2.58. The lowest BCUT2D eigenvalue weighted by molar-refractivity contribution is 0.282. The summed E-state index contributed by atoms with van der Waals surface area (Å²) in [6.07, 6.45) is 1.59. The Balaban J connectivity index is 2.19. The summed E-state index contributed by atoms with van der Waals surface area (Å²) in [6, 6.07) is 13.6. The topological polar surface area (TPSA) is 53.9 Å². The Labute approximate surface area is 160 Å². The maximum Gasteiger partial charge on any atom is 0.175 e. The van der Waals surface area contributed by atoms with Crippen LogP contribution in [0.2, 0.25) is 0 Å². The van der Waals surface area contributed by atoms with Gasteiger partial charge in [0.15, 0.2) is 11.5 Å². The highest BCUT2D eigenvalue weighted by Gasteiger charge is 2.25. The first kappa shape index (κ1) is 19.8. The van der Waals surface area contributed by atoms with Crippen LogP contribution >= 0.6 is 15.9 Å². The molecule has 0 saturated heterocycles. The Morgan fingerprint density at radius 3 is 2.48 bits per heavy atom. The average molecular weight is 424 g/mol. The molecule has 0 N–H and O–H groups in total. The van der Waals surface area contributed by atoms with Gasteiger partial charge in [-0.05, 0) is 54.4 Å². The first-order valence-electron chi connectivity index (χ1n) is 7.81. The van der Waals surface area contributed by atoms with Gasteiger partial charge in [0.25, 0.3) is 0 Å². The molecule has 0 aliphatic rings. The van der Waals surface area contributed by atoms with Crippen LogP contribution in [0.25, 0.3) is 0 Å². The number of ether oxygens (including phenoxy) is 2. The van der Waals surface area contributed by atoms with Crippen LogP contribution in [0.15, 0.2) is 51.3 Å². The lowest BCUT2D eigenvalue weighted by Gasteiger charge is -2.18. The largest absolute Gasteiger partial charge is 0.591 e. The van der Waals surface area contributed by atoms with E-state index in [1.54, 1.807) is 13.3 Å². The molecular formula is C19H22BrNO3S. The third-order valence-electron chi connectivity index (χ3n) is 3.30. The van der Waals surface area contributed by atoms with Gasteiger partial charge in [-0.1, -0.05) is 34.7 Å². The fraction of sp³-hybridized carbons (Fsp3) is 0.316. The van der Waals surface area contributed by atoms with Gasteiger partial charge < -0.3 is 14.0 Å². The van der Waals surface area contributed by atoms with Crippen LogP contribution in [0.3, 0.4) is 0 Å². The predicted molar refractivity (Wildman–Crippen MR) is 107 cm³/mol. The summed E-state index contributed by atoms with van der Waals surface area (Å²) in [5.74, 6) is 1.22. The first-order chi connectivity index (χ1) is 11.8. The van der Waals surface area contributed by atoms with Crippen molar-refractivity contribution in [1.29, 1.82) is 0 Å². The molecule has 0 aliphatic heterocycles. The molecule has 0 bridgehead atoms. The minimum Gasteiger partial charge on any atom is -0.591 e. The Kier molecular flexibility index (Phi) is 6.93. The molecule has 1 atom stereocenters. The van der Waals surface area contributed by atoms with E-state index in [0.717, 1.165) is 15.6 Å². The van der Waals surface area contributed by atoms with Crippen LogP contribution in [-0.4, -0.2) is 22.6 Å². The maximum absolute atomic E-state index is 12.0. The lowest BCUT2D eigenvalue weighted by atomic mass is 10.2. The third kappa shape index (κ3) is 5.76. The second-order valence-electron chi connectivity index (χ2n) is 6.40. The Morgan fingerprint density at radius 2 is 1.88 bits per heavy atom. The van der Waals surface area contributed by atoms with Crippen LogP contribution in [0.1, 0.15) is 31.9 Å². The number of halogens is 1. The Bertz CT molecular complexity index is 729.